The Labute approximate surface area is 154 Å². The summed E-state index contributed by atoms with van der Waals surface area (Å²) >= 11 is 0. The maximum atomic E-state index is 6.69. The van der Waals surface area contributed by atoms with Crippen molar-refractivity contribution >= 4 is 11.4 Å². The van der Waals surface area contributed by atoms with E-state index in [4.69, 9.17) is 24.7 Å². The standard InChI is InChI=1S/C20H28N2O4/c1-11-17(3-13-7-23-13)18(4-14-8-24-14)12(2)20(19(11)21)22(5-15-9-25-15)6-16-10-26-16/h13-16H,3-10,21H2,1-2H3. The fourth-order valence-electron chi connectivity index (χ4n) is 4.02. The summed E-state index contributed by atoms with van der Waals surface area (Å²) in [4.78, 5) is 2.39. The number of epoxide rings is 4. The Hall–Kier alpha value is -1.34. The molecule has 4 fully saturated rings. The first kappa shape index (κ1) is 16.8. The second-order valence-electron chi connectivity index (χ2n) is 8.10. The predicted octanol–water partition coefficient (Wildman–Crippen LogP) is 1.37. The van der Waals surface area contributed by atoms with Gasteiger partial charge in [-0.3, -0.25) is 0 Å². The van der Waals surface area contributed by atoms with Crippen LogP contribution in [0.5, 0.6) is 0 Å². The number of anilines is 2. The van der Waals surface area contributed by atoms with E-state index in [1.54, 1.807) is 0 Å². The molecular formula is C20H28N2O4. The van der Waals surface area contributed by atoms with Gasteiger partial charge in [0.1, 0.15) is 0 Å². The van der Waals surface area contributed by atoms with Gasteiger partial charge in [-0.1, -0.05) is 0 Å². The van der Waals surface area contributed by atoms with E-state index in [9.17, 15) is 0 Å². The van der Waals surface area contributed by atoms with Crippen molar-refractivity contribution in [1.29, 1.82) is 0 Å². The third kappa shape index (κ3) is 3.56. The molecule has 4 unspecified atom stereocenters. The highest BCUT2D eigenvalue weighted by Crippen LogP contribution is 2.40. The van der Waals surface area contributed by atoms with Gasteiger partial charge in [-0.05, 0) is 36.1 Å². The maximum absolute atomic E-state index is 6.69. The summed E-state index contributed by atoms with van der Waals surface area (Å²) in [6.45, 7) is 9.57. The number of nitrogen functional groups attached to an aromatic ring is 1. The van der Waals surface area contributed by atoms with Crippen LogP contribution in [-0.2, 0) is 31.8 Å². The topological polar surface area (TPSA) is 79.4 Å². The monoisotopic (exact) mass is 360 g/mol. The first-order valence-corrected chi connectivity index (χ1v) is 9.72. The van der Waals surface area contributed by atoms with Crippen molar-refractivity contribution in [2.24, 2.45) is 0 Å². The Morgan fingerprint density at radius 3 is 1.62 bits per heavy atom. The van der Waals surface area contributed by atoms with E-state index in [0.29, 0.717) is 24.4 Å². The molecule has 0 radical (unpaired) electrons. The summed E-state index contributed by atoms with van der Waals surface area (Å²) in [5, 5.41) is 0. The number of hydrogen-bond donors (Lipinski definition) is 1. The average Bonchev–Trinajstić information content (AvgIpc) is 3.44. The highest BCUT2D eigenvalue weighted by Gasteiger charge is 2.35. The van der Waals surface area contributed by atoms with Crippen LogP contribution in [0.1, 0.15) is 22.3 Å². The molecule has 0 saturated carbocycles. The zero-order valence-corrected chi connectivity index (χ0v) is 15.6. The third-order valence-electron chi connectivity index (χ3n) is 5.92. The molecule has 4 aliphatic heterocycles. The van der Waals surface area contributed by atoms with Crippen molar-refractivity contribution in [3.8, 4) is 0 Å². The Bertz CT molecular complexity index is 692. The molecule has 5 rings (SSSR count). The molecule has 4 aliphatic rings. The summed E-state index contributed by atoms with van der Waals surface area (Å²) in [5.74, 6) is 0. The predicted molar refractivity (Wildman–Crippen MR) is 98.9 cm³/mol. The second-order valence-corrected chi connectivity index (χ2v) is 8.10. The van der Waals surface area contributed by atoms with Gasteiger partial charge in [-0.25, -0.2) is 0 Å². The maximum Gasteiger partial charge on any atom is 0.0984 e. The highest BCUT2D eigenvalue weighted by molar-refractivity contribution is 5.78. The molecule has 0 amide bonds. The van der Waals surface area contributed by atoms with Crippen LogP contribution in [-0.4, -0.2) is 63.9 Å². The van der Waals surface area contributed by atoms with Crippen LogP contribution in [0.25, 0.3) is 0 Å². The van der Waals surface area contributed by atoms with E-state index < -0.39 is 0 Å². The zero-order valence-electron chi connectivity index (χ0n) is 15.6. The second kappa shape index (κ2) is 6.37. The summed E-state index contributed by atoms with van der Waals surface area (Å²) in [6.07, 6.45) is 3.28. The smallest absolute Gasteiger partial charge is 0.0984 e. The Morgan fingerprint density at radius 1 is 0.769 bits per heavy atom. The van der Waals surface area contributed by atoms with Gasteiger partial charge >= 0.3 is 0 Å². The van der Waals surface area contributed by atoms with Gasteiger partial charge in [0.15, 0.2) is 0 Å². The van der Waals surface area contributed by atoms with E-state index >= 15 is 0 Å². The molecule has 6 heteroatoms. The Kier molecular flexibility index (Phi) is 4.12. The van der Waals surface area contributed by atoms with Crippen molar-refractivity contribution in [1.82, 2.24) is 0 Å². The average molecular weight is 360 g/mol. The summed E-state index contributed by atoms with van der Waals surface area (Å²) in [6, 6.07) is 0. The van der Waals surface area contributed by atoms with Crippen molar-refractivity contribution in [3.63, 3.8) is 0 Å². The van der Waals surface area contributed by atoms with Crippen LogP contribution in [0.15, 0.2) is 0 Å². The SMILES string of the molecule is Cc1c(N)c(N(CC2CO2)CC2CO2)c(C)c(CC2CO2)c1CC1CO1. The molecule has 1 aromatic rings. The molecule has 6 nitrogen and oxygen atoms in total. The number of ether oxygens (including phenoxy) is 4. The van der Waals surface area contributed by atoms with Crippen LogP contribution in [0.2, 0.25) is 0 Å². The summed E-state index contributed by atoms with van der Waals surface area (Å²) in [5.41, 5.74) is 14.0. The van der Waals surface area contributed by atoms with Crippen LogP contribution in [0.3, 0.4) is 0 Å². The van der Waals surface area contributed by atoms with Gasteiger partial charge in [-0.15, -0.1) is 0 Å². The fourth-order valence-corrected chi connectivity index (χ4v) is 4.02. The molecule has 0 aliphatic carbocycles. The third-order valence-corrected chi connectivity index (χ3v) is 5.92. The molecule has 0 bridgehead atoms. The van der Waals surface area contributed by atoms with E-state index in [0.717, 1.165) is 58.0 Å². The minimum Gasteiger partial charge on any atom is -0.397 e. The van der Waals surface area contributed by atoms with Crippen LogP contribution < -0.4 is 10.6 Å². The van der Waals surface area contributed by atoms with Crippen molar-refractivity contribution in [3.05, 3.63) is 22.3 Å². The van der Waals surface area contributed by atoms with Crippen LogP contribution in [0, 0.1) is 13.8 Å². The van der Waals surface area contributed by atoms with E-state index in [1.807, 2.05) is 0 Å². The molecular weight excluding hydrogens is 332 g/mol. The van der Waals surface area contributed by atoms with Gasteiger partial charge in [0.25, 0.3) is 0 Å². The normalized spacial score (nSPS) is 31.0. The number of rotatable bonds is 9. The zero-order chi connectivity index (χ0) is 17.8. The molecule has 4 heterocycles. The molecule has 2 N–H and O–H groups in total. The van der Waals surface area contributed by atoms with Crippen molar-refractivity contribution in [2.75, 3.05) is 50.2 Å². The number of nitrogens with zero attached hydrogens (tertiary/aromatic N) is 1. The molecule has 0 aromatic heterocycles. The molecule has 1 aromatic carbocycles. The molecule has 4 saturated heterocycles. The Morgan fingerprint density at radius 2 is 1.19 bits per heavy atom. The van der Waals surface area contributed by atoms with Gasteiger partial charge in [-0.2, -0.15) is 0 Å². The molecule has 142 valence electrons. The lowest BCUT2D eigenvalue weighted by atomic mass is 9.88. The Balaban J connectivity index is 1.54. The van der Waals surface area contributed by atoms with E-state index in [1.165, 1.54) is 27.9 Å². The quantitative estimate of drug-likeness (QED) is 0.529. The van der Waals surface area contributed by atoms with Gasteiger partial charge in [0, 0.05) is 25.9 Å². The van der Waals surface area contributed by atoms with Crippen LogP contribution >= 0.6 is 0 Å². The number of nitrogens with two attached hydrogens (primary N) is 1. The number of hydrogen-bond acceptors (Lipinski definition) is 6. The van der Waals surface area contributed by atoms with Crippen molar-refractivity contribution < 1.29 is 18.9 Å². The lowest BCUT2D eigenvalue weighted by molar-refractivity contribution is 0.388. The van der Waals surface area contributed by atoms with E-state index in [2.05, 4.69) is 18.7 Å². The first-order chi connectivity index (χ1) is 12.6. The number of benzene rings is 1. The highest BCUT2D eigenvalue weighted by atomic mass is 16.6. The minimum atomic E-state index is 0.322. The van der Waals surface area contributed by atoms with Gasteiger partial charge in [0.05, 0.1) is 62.2 Å². The molecule has 0 spiro atoms. The lowest BCUT2D eigenvalue weighted by Gasteiger charge is -2.30. The van der Waals surface area contributed by atoms with Crippen LogP contribution in [0.4, 0.5) is 11.4 Å². The fraction of sp³-hybridized carbons (Fsp3) is 0.700. The summed E-state index contributed by atoms with van der Waals surface area (Å²) < 4.78 is 22.1. The largest absolute Gasteiger partial charge is 0.397 e. The minimum absolute atomic E-state index is 0.322. The van der Waals surface area contributed by atoms with Gasteiger partial charge in [0.2, 0.25) is 0 Å². The molecule has 4 atom stereocenters. The van der Waals surface area contributed by atoms with Gasteiger partial charge < -0.3 is 29.6 Å². The first-order valence-electron chi connectivity index (χ1n) is 9.72. The lowest BCUT2D eigenvalue weighted by Crippen LogP contribution is -2.33. The molecule has 26 heavy (non-hydrogen) atoms. The van der Waals surface area contributed by atoms with Crippen molar-refractivity contribution in [2.45, 2.75) is 51.1 Å². The van der Waals surface area contributed by atoms with E-state index in [-0.39, 0.29) is 0 Å². The summed E-state index contributed by atoms with van der Waals surface area (Å²) in [7, 11) is 0.